The average molecular weight is 381 g/mol. The van der Waals surface area contributed by atoms with Crippen molar-refractivity contribution in [2.75, 3.05) is 6.54 Å². The molecule has 3 rings (SSSR count). The molecule has 8 heteroatoms. The van der Waals surface area contributed by atoms with E-state index < -0.39 is 24.1 Å². The van der Waals surface area contributed by atoms with Gasteiger partial charge in [0.2, 0.25) is 0 Å². The summed E-state index contributed by atoms with van der Waals surface area (Å²) in [5, 5.41) is 15.7. The molecule has 0 aliphatic carbocycles. The normalized spacial score (nSPS) is 12.8. The Labute approximate surface area is 150 Å². The van der Waals surface area contributed by atoms with Crippen molar-refractivity contribution in [3.8, 4) is 5.75 Å². The molecule has 0 spiro atoms. The molecule has 2 aromatic carbocycles. The van der Waals surface area contributed by atoms with Gasteiger partial charge in [-0.05, 0) is 41.1 Å². The van der Waals surface area contributed by atoms with E-state index in [4.69, 9.17) is 0 Å². The quantitative estimate of drug-likeness (QED) is 0.694. The minimum absolute atomic E-state index is 0.0135. The van der Waals surface area contributed by atoms with Crippen LogP contribution in [0.5, 0.6) is 5.75 Å². The van der Waals surface area contributed by atoms with Gasteiger partial charge in [-0.15, -0.1) is 24.5 Å². The number of carbonyl (C=O) groups excluding carboxylic acids is 1. The molecule has 1 aromatic heterocycles. The second kappa shape index (κ2) is 7.35. The van der Waals surface area contributed by atoms with Crippen LogP contribution in [0.25, 0.3) is 10.1 Å². The standard InChI is InChI=1S/C18H14F3NO3S/c19-18(20,21)25-12-7-5-11(6-8-12)17(24)22-9-15(23)14-10-26-16-4-2-1-3-13(14)16/h1-8,10,15,23H,9H2,(H,22,24)/t15-/m1/s1. The average Bonchev–Trinajstić information content (AvgIpc) is 3.03. The highest BCUT2D eigenvalue weighted by atomic mass is 32.1. The van der Waals surface area contributed by atoms with Crippen LogP contribution in [0.1, 0.15) is 22.0 Å². The summed E-state index contributed by atoms with van der Waals surface area (Å²) in [5.41, 5.74) is 0.890. The first-order chi connectivity index (χ1) is 12.3. The number of hydrogen-bond donors (Lipinski definition) is 2. The molecular weight excluding hydrogens is 367 g/mol. The maximum atomic E-state index is 12.1. The number of thiophene rings is 1. The second-order valence-corrected chi connectivity index (χ2v) is 6.40. The summed E-state index contributed by atoms with van der Waals surface area (Å²) in [6.07, 6.45) is -5.67. The summed E-state index contributed by atoms with van der Waals surface area (Å²) in [4.78, 5) is 12.1. The molecule has 0 aliphatic heterocycles. The van der Waals surface area contributed by atoms with Gasteiger partial charge in [0.15, 0.2) is 0 Å². The van der Waals surface area contributed by atoms with Crippen LogP contribution in [-0.2, 0) is 0 Å². The third-order valence-corrected chi connectivity index (χ3v) is 4.66. The fraction of sp³-hybridized carbons (Fsp3) is 0.167. The van der Waals surface area contributed by atoms with Crippen molar-refractivity contribution in [1.29, 1.82) is 0 Å². The lowest BCUT2D eigenvalue weighted by Crippen LogP contribution is -2.28. The lowest BCUT2D eigenvalue weighted by atomic mass is 10.1. The maximum absolute atomic E-state index is 12.1. The number of hydrogen-bond acceptors (Lipinski definition) is 4. The predicted octanol–water partition coefficient (Wildman–Crippen LogP) is 4.26. The molecular formula is C18H14F3NO3S. The molecule has 2 N–H and O–H groups in total. The van der Waals surface area contributed by atoms with Crippen LogP contribution in [0.2, 0.25) is 0 Å². The molecule has 0 radical (unpaired) electrons. The molecule has 0 saturated heterocycles. The highest BCUT2D eigenvalue weighted by Crippen LogP contribution is 2.30. The summed E-state index contributed by atoms with van der Waals surface area (Å²) in [7, 11) is 0. The van der Waals surface area contributed by atoms with E-state index in [0.29, 0.717) is 0 Å². The van der Waals surface area contributed by atoms with Crippen molar-refractivity contribution >= 4 is 27.3 Å². The number of fused-ring (bicyclic) bond motifs is 1. The molecule has 136 valence electrons. The lowest BCUT2D eigenvalue weighted by Gasteiger charge is -2.12. The summed E-state index contributed by atoms with van der Waals surface area (Å²) in [5.74, 6) is -0.902. The van der Waals surface area contributed by atoms with E-state index in [1.54, 1.807) is 0 Å². The highest BCUT2D eigenvalue weighted by Gasteiger charge is 2.31. The topological polar surface area (TPSA) is 58.6 Å². The maximum Gasteiger partial charge on any atom is 0.573 e. The van der Waals surface area contributed by atoms with E-state index >= 15 is 0 Å². The van der Waals surface area contributed by atoms with Crippen molar-refractivity contribution < 1.29 is 27.8 Å². The molecule has 0 bridgehead atoms. The Kier molecular flexibility index (Phi) is 5.15. The molecule has 4 nitrogen and oxygen atoms in total. The predicted molar refractivity (Wildman–Crippen MR) is 92.2 cm³/mol. The summed E-state index contributed by atoms with van der Waals surface area (Å²) in [6, 6.07) is 12.2. The van der Waals surface area contributed by atoms with Crippen molar-refractivity contribution in [2.24, 2.45) is 0 Å². The smallest absolute Gasteiger partial charge is 0.406 e. The number of rotatable bonds is 5. The van der Waals surface area contributed by atoms with Crippen LogP contribution in [0, 0.1) is 0 Å². The van der Waals surface area contributed by atoms with Crippen molar-refractivity contribution in [1.82, 2.24) is 5.32 Å². The van der Waals surface area contributed by atoms with Gasteiger partial charge in [-0.1, -0.05) is 18.2 Å². The van der Waals surface area contributed by atoms with Crippen LogP contribution in [0.3, 0.4) is 0 Å². The Balaban J connectivity index is 1.61. The first kappa shape index (κ1) is 18.2. The number of carbonyl (C=O) groups is 1. The Morgan fingerprint density at radius 2 is 1.85 bits per heavy atom. The third-order valence-electron chi connectivity index (χ3n) is 3.68. The molecule has 1 amide bonds. The molecule has 1 heterocycles. The molecule has 0 fully saturated rings. The number of aliphatic hydroxyl groups is 1. The minimum Gasteiger partial charge on any atom is -0.406 e. The Morgan fingerprint density at radius 1 is 1.15 bits per heavy atom. The molecule has 26 heavy (non-hydrogen) atoms. The largest absolute Gasteiger partial charge is 0.573 e. The highest BCUT2D eigenvalue weighted by molar-refractivity contribution is 7.17. The van der Waals surface area contributed by atoms with Gasteiger partial charge in [-0.25, -0.2) is 0 Å². The van der Waals surface area contributed by atoms with Crippen LogP contribution >= 0.6 is 11.3 Å². The van der Waals surface area contributed by atoms with Crippen LogP contribution in [-0.4, -0.2) is 23.9 Å². The van der Waals surface area contributed by atoms with Gasteiger partial charge in [-0.3, -0.25) is 4.79 Å². The van der Waals surface area contributed by atoms with Gasteiger partial charge in [0.1, 0.15) is 5.75 Å². The first-order valence-corrected chi connectivity index (χ1v) is 8.49. The monoisotopic (exact) mass is 381 g/mol. The van der Waals surface area contributed by atoms with Crippen LogP contribution < -0.4 is 10.1 Å². The number of nitrogens with one attached hydrogen (secondary N) is 1. The van der Waals surface area contributed by atoms with E-state index in [0.717, 1.165) is 27.8 Å². The lowest BCUT2D eigenvalue weighted by molar-refractivity contribution is -0.274. The number of ether oxygens (including phenoxy) is 1. The molecule has 0 aliphatic rings. The summed E-state index contributed by atoms with van der Waals surface area (Å²) >= 11 is 1.50. The Hall–Kier alpha value is -2.58. The second-order valence-electron chi connectivity index (χ2n) is 5.49. The number of halogens is 3. The van der Waals surface area contributed by atoms with E-state index in [1.807, 2.05) is 29.6 Å². The zero-order valence-corrected chi connectivity index (χ0v) is 14.1. The summed E-state index contributed by atoms with van der Waals surface area (Å²) in [6.45, 7) is -0.0135. The van der Waals surface area contributed by atoms with Gasteiger partial charge in [0.25, 0.3) is 5.91 Å². The number of alkyl halides is 3. The SMILES string of the molecule is O=C(NC[C@@H](O)c1csc2ccccc12)c1ccc(OC(F)(F)F)cc1. The zero-order valence-electron chi connectivity index (χ0n) is 13.3. The van der Waals surface area contributed by atoms with Gasteiger partial charge in [0, 0.05) is 22.4 Å². The van der Waals surface area contributed by atoms with Crippen LogP contribution in [0.4, 0.5) is 13.2 Å². The van der Waals surface area contributed by atoms with E-state index in [1.165, 1.54) is 23.5 Å². The van der Waals surface area contributed by atoms with Crippen molar-refractivity contribution in [3.05, 3.63) is 65.0 Å². The van der Waals surface area contributed by atoms with Crippen molar-refractivity contribution in [2.45, 2.75) is 12.5 Å². The zero-order chi connectivity index (χ0) is 18.7. The van der Waals surface area contributed by atoms with Crippen molar-refractivity contribution in [3.63, 3.8) is 0 Å². The Bertz CT molecular complexity index is 906. The summed E-state index contributed by atoms with van der Waals surface area (Å²) < 4.78 is 41.2. The fourth-order valence-corrected chi connectivity index (χ4v) is 3.47. The molecule has 1 atom stereocenters. The van der Waals surface area contributed by atoms with Gasteiger partial charge in [0.05, 0.1) is 6.10 Å². The van der Waals surface area contributed by atoms with Crippen LogP contribution in [0.15, 0.2) is 53.9 Å². The molecule has 0 saturated carbocycles. The number of benzene rings is 2. The minimum atomic E-state index is -4.78. The first-order valence-electron chi connectivity index (χ1n) is 7.62. The molecule has 3 aromatic rings. The van der Waals surface area contributed by atoms with E-state index in [2.05, 4.69) is 10.1 Å². The third kappa shape index (κ3) is 4.33. The Morgan fingerprint density at radius 3 is 2.54 bits per heavy atom. The van der Waals surface area contributed by atoms with E-state index in [9.17, 15) is 23.1 Å². The fourth-order valence-electron chi connectivity index (χ4n) is 2.47. The number of amides is 1. The number of aliphatic hydroxyl groups excluding tert-OH is 1. The van der Waals surface area contributed by atoms with Gasteiger partial charge >= 0.3 is 6.36 Å². The molecule has 0 unspecified atom stereocenters. The van der Waals surface area contributed by atoms with E-state index in [-0.39, 0.29) is 12.1 Å². The van der Waals surface area contributed by atoms with Gasteiger partial charge in [-0.2, -0.15) is 0 Å². The van der Waals surface area contributed by atoms with Gasteiger partial charge < -0.3 is 15.2 Å².